The number of ether oxygens (including phenoxy) is 2. The summed E-state index contributed by atoms with van der Waals surface area (Å²) in [7, 11) is 0. The van der Waals surface area contributed by atoms with Crippen LogP contribution in [-0.2, 0) is 19.1 Å². The van der Waals surface area contributed by atoms with Crippen LogP contribution in [0.15, 0.2) is 0 Å². The van der Waals surface area contributed by atoms with E-state index < -0.39 is 23.9 Å². The Labute approximate surface area is 134 Å². The summed E-state index contributed by atoms with van der Waals surface area (Å²) in [5.41, 5.74) is 10.5. The number of hydrogen-bond acceptors (Lipinski definition) is 6. The molecule has 3 amide bonds. The molecule has 0 aromatic rings. The Kier molecular flexibility index (Phi) is 12.6. The van der Waals surface area contributed by atoms with Gasteiger partial charge in [-0.05, 0) is 19.3 Å². The van der Waals surface area contributed by atoms with Crippen LogP contribution in [0.2, 0.25) is 0 Å². The van der Waals surface area contributed by atoms with Crippen molar-refractivity contribution in [2.45, 2.75) is 25.3 Å². The van der Waals surface area contributed by atoms with E-state index in [1.165, 1.54) is 0 Å². The highest BCUT2D eigenvalue weighted by Crippen LogP contribution is 2.00. The Morgan fingerprint density at radius 1 is 1.09 bits per heavy atom. The van der Waals surface area contributed by atoms with Crippen molar-refractivity contribution in [1.29, 1.82) is 0 Å². The largest absolute Gasteiger partial charge is 0.465 e. The molecular weight excluding hydrogens is 308 g/mol. The SMILES string of the molecule is NCCOCCOCC(=O)N[C@@H](CCCCNC(=O)O)C(N)=O. The van der Waals surface area contributed by atoms with Crippen molar-refractivity contribution < 1.29 is 29.0 Å². The van der Waals surface area contributed by atoms with Crippen molar-refractivity contribution in [2.24, 2.45) is 11.5 Å². The number of hydrogen-bond donors (Lipinski definition) is 5. The van der Waals surface area contributed by atoms with E-state index in [4.69, 9.17) is 26.0 Å². The summed E-state index contributed by atoms with van der Waals surface area (Å²) in [6.07, 6.45) is 0.322. The highest BCUT2D eigenvalue weighted by atomic mass is 16.5. The average Bonchev–Trinajstić information content (AvgIpc) is 2.48. The minimum absolute atomic E-state index is 0.198. The van der Waals surface area contributed by atoms with Crippen LogP contribution >= 0.6 is 0 Å². The lowest BCUT2D eigenvalue weighted by Crippen LogP contribution is -2.45. The van der Waals surface area contributed by atoms with Gasteiger partial charge in [0.1, 0.15) is 12.6 Å². The molecule has 1 atom stereocenters. The van der Waals surface area contributed by atoms with Gasteiger partial charge in [-0.2, -0.15) is 0 Å². The molecule has 0 aliphatic carbocycles. The molecule has 134 valence electrons. The van der Waals surface area contributed by atoms with Crippen LogP contribution in [0.3, 0.4) is 0 Å². The van der Waals surface area contributed by atoms with Crippen molar-refractivity contribution in [1.82, 2.24) is 10.6 Å². The molecule has 0 aliphatic heterocycles. The maximum Gasteiger partial charge on any atom is 0.404 e. The van der Waals surface area contributed by atoms with Gasteiger partial charge in [0.2, 0.25) is 11.8 Å². The summed E-state index contributed by atoms with van der Waals surface area (Å²) in [5.74, 6) is -1.09. The van der Waals surface area contributed by atoms with Gasteiger partial charge in [0.15, 0.2) is 0 Å². The molecule has 10 nitrogen and oxygen atoms in total. The van der Waals surface area contributed by atoms with Crippen molar-refractivity contribution in [2.75, 3.05) is 39.5 Å². The first-order valence-electron chi connectivity index (χ1n) is 7.38. The second kappa shape index (κ2) is 13.7. The zero-order valence-electron chi connectivity index (χ0n) is 13.1. The van der Waals surface area contributed by atoms with Crippen LogP contribution in [0.4, 0.5) is 4.79 Å². The molecule has 0 rings (SSSR count). The van der Waals surface area contributed by atoms with Crippen LogP contribution < -0.4 is 22.1 Å². The van der Waals surface area contributed by atoms with Gasteiger partial charge < -0.3 is 36.7 Å². The quantitative estimate of drug-likeness (QED) is 0.238. The van der Waals surface area contributed by atoms with Crippen LogP contribution in [0.1, 0.15) is 19.3 Å². The van der Waals surface area contributed by atoms with E-state index in [-0.39, 0.29) is 19.8 Å². The highest BCUT2D eigenvalue weighted by molar-refractivity contribution is 5.86. The summed E-state index contributed by atoms with van der Waals surface area (Å²) in [5, 5.41) is 13.1. The van der Waals surface area contributed by atoms with E-state index in [0.29, 0.717) is 39.0 Å². The maximum atomic E-state index is 11.6. The topological polar surface area (TPSA) is 166 Å². The fourth-order valence-electron chi connectivity index (χ4n) is 1.66. The van der Waals surface area contributed by atoms with Crippen molar-refractivity contribution in [3.05, 3.63) is 0 Å². The van der Waals surface area contributed by atoms with Crippen LogP contribution in [-0.4, -0.2) is 68.6 Å². The number of carboxylic acid groups (broad SMARTS) is 1. The molecule has 0 unspecified atom stereocenters. The predicted molar refractivity (Wildman–Crippen MR) is 81.7 cm³/mol. The molecule has 0 spiro atoms. The van der Waals surface area contributed by atoms with Crippen LogP contribution in [0.25, 0.3) is 0 Å². The number of carbonyl (C=O) groups is 3. The third-order valence-electron chi connectivity index (χ3n) is 2.74. The van der Waals surface area contributed by atoms with Gasteiger partial charge in [-0.25, -0.2) is 4.79 Å². The molecule has 0 aromatic carbocycles. The van der Waals surface area contributed by atoms with E-state index in [0.717, 1.165) is 0 Å². The van der Waals surface area contributed by atoms with Crippen molar-refractivity contribution in [3.63, 3.8) is 0 Å². The zero-order chi connectivity index (χ0) is 17.5. The van der Waals surface area contributed by atoms with Gasteiger partial charge >= 0.3 is 6.09 Å². The van der Waals surface area contributed by atoms with Gasteiger partial charge in [-0.15, -0.1) is 0 Å². The van der Waals surface area contributed by atoms with Crippen molar-refractivity contribution in [3.8, 4) is 0 Å². The van der Waals surface area contributed by atoms with Crippen LogP contribution in [0.5, 0.6) is 0 Å². The molecular formula is C13H26N4O6. The summed E-state index contributed by atoms with van der Waals surface area (Å²) in [6, 6.07) is -0.801. The zero-order valence-corrected chi connectivity index (χ0v) is 13.1. The molecule has 0 fully saturated rings. The van der Waals surface area contributed by atoms with E-state index in [2.05, 4.69) is 10.6 Å². The molecule has 0 radical (unpaired) electrons. The highest BCUT2D eigenvalue weighted by Gasteiger charge is 2.17. The molecule has 0 heterocycles. The lowest BCUT2D eigenvalue weighted by Gasteiger charge is -2.15. The summed E-state index contributed by atoms with van der Waals surface area (Å²) in [4.78, 5) is 33.2. The first-order chi connectivity index (χ1) is 11.0. The number of nitrogens with two attached hydrogens (primary N) is 2. The fraction of sp³-hybridized carbons (Fsp3) is 0.769. The first kappa shape index (κ1) is 21.1. The predicted octanol–water partition coefficient (Wildman–Crippen LogP) is -1.61. The van der Waals surface area contributed by atoms with E-state index in [9.17, 15) is 14.4 Å². The average molecular weight is 334 g/mol. The molecule has 0 aliphatic rings. The summed E-state index contributed by atoms with van der Waals surface area (Å²) >= 11 is 0. The Morgan fingerprint density at radius 2 is 1.78 bits per heavy atom. The van der Waals surface area contributed by atoms with Gasteiger partial charge in [0, 0.05) is 13.1 Å². The molecule has 0 aromatic heterocycles. The van der Waals surface area contributed by atoms with Gasteiger partial charge in [0.05, 0.1) is 19.8 Å². The number of unbranched alkanes of at least 4 members (excludes halogenated alkanes) is 1. The number of rotatable bonds is 14. The molecule has 0 bridgehead atoms. The molecule has 23 heavy (non-hydrogen) atoms. The number of amides is 3. The van der Waals surface area contributed by atoms with Crippen molar-refractivity contribution >= 4 is 17.9 Å². The first-order valence-corrected chi connectivity index (χ1v) is 7.38. The smallest absolute Gasteiger partial charge is 0.404 e. The normalized spacial score (nSPS) is 11.7. The van der Waals surface area contributed by atoms with E-state index in [1.807, 2.05) is 0 Å². The Morgan fingerprint density at radius 3 is 2.39 bits per heavy atom. The Bertz CT molecular complexity index is 366. The lowest BCUT2D eigenvalue weighted by atomic mass is 10.1. The minimum Gasteiger partial charge on any atom is -0.465 e. The Balaban J connectivity index is 3.82. The minimum atomic E-state index is -1.10. The molecule has 10 heteroatoms. The molecule has 0 saturated carbocycles. The van der Waals surface area contributed by atoms with Gasteiger partial charge in [0.25, 0.3) is 0 Å². The van der Waals surface area contributed by atoms with E-state index >= 15 is 0 Å². The second-order valence-electron chi connectivity index (χ2n) is 4.70. The summed E-state index contributed by atoms with van der Waals surface area (Å²) in [6.45, 7) is 1.51. The Hall–Kier alpha value is -1.91. The molecule has 7 N–H and O–H groups in total. The summed E-state index contributed by atoms with van der Waals surface area (Å²) < 4.78 is 10.2. The number of primary amides is 1. The fourth-order valence-corrected chi connectivity index (χ4v) is 1.66. The second-order valence-corrected chi connectivity index (χ2v) is 4.70. The number of nitrogens with one attached hydrogen (secondary N) is 2. The standard InChI is InChI=1S/C13H26N4O6/c14-4-6-22-7-8-23-9-11(18)17-10(12(15)19)3-1-2-5-16-13(20)21/h10,16H,1-9,14H2,(H2,15,19)(H,17,18)(H,20,21)/t10-/m0/s1. The van der Waals surface area contributed by atoms with Gasteiger partial charge in [-0.1, -0.05) is 0 Å². The third kappa shape index (κ3) is 13.5. The third-order valence-corrected chi connectivity index (χ3v) is 2.74. The maximum absolute atomic E-state index is 11.6. The van der Waals surface area contributed by atoms with Gasteiger partial charge in [-0.3, -0.25) is 9.59 Å². The molecule has 0 saturated heterocycles. The van der Waals surface area contributed by atoms with E-state index in [1.54, 1.807) is 0 Å². The number of carbonyl (C=O) groups excluding carboxylic acids is 2. The lowest BCUT2D eigenvalue weighted by molar-refractivity contribution is -0.130. The monoisotopic (exact) mass is 334 g/mol. The van der Waals surface area contributed by atoms with Crippen LogP contribution in [0, 0.1) is 0 Å².